The van der Waals surface area contributed by atoms with Gasteiger partial charge in [-0.05, 0) is 52.3 Å². The van der Waals surface area contributed by atoms with Gasteiger partial charge >= 0.3 is 6.09 Å². The van der Waals surface area contributed by atoms with Crippen LogP contribution in [0.2, 0.25) is 0 Å². The Labute approximate surface area is 152 Å². The minimum absolute atomic E-state index is 0.103. The molecule has 6 heteroatoms. The third-order valence-electron chi connectivity index (χ3n) is 3.64. The number of alkyl carbamates (subject to hydrolysis) is 1. The van der Waals surface area contributed by atoms with Gasteiger partial charge < -0.3 is 15.0 Å². The summed E-state index contributed by atoms with van der Waals surface area (Å²) in [4.78, 5) is 15.9. The number of aromatic nitrogens is 1. The van der Waals surface area contributed by atoms with Gasteiger partial charge in [-0.1, -0.05) is 12.1 Å². The number of hydrogen-bond donors (Lipinski definition) is 2. The first-order valence-electron chi connectivity index (χ1n) is 8.19. The van der Waals surface area contributed by atoms with Crippen molar-refractivity contribution in [1.82, 2.24) is 10.3 Å². The van der Waals surface area contributed by atoms with Crippen LogP contribution in [0.3, 0.4) is 0 Å². The number of hydrogen-bond acceptors (Lipinski definition) is 3. The van der Waals surface area contributed by atoms with Crippen LogP contribution in [0.25, 0.3) is 10.9 Å². The lowest BCUT2D eigenvalue weighted by atomic mass is 10.1. The molecule has 2 rings (SSSR count). The Morgan fingerprint density at radius 3 is 2.76 bits per heavy atom. The van der Waals surface area contributed by atoms with Gasteiger partial charge in [0.05, 0.1) is 5.52 Å². The molecule has 0 spiro atoms. The lowest BCUT2D eigenvalue weighted by Gasteiger charge is -2.19. The number of amides is 1. The molecular formula is C19H25FN2O2S. The van der Waals surface area contributed by atoms with Crippen molar-refractivity contribution in [3.8, 4) is 0 Å². The van der Waals surface area contributed by atoms with E-state index in [-0.39, 0.29) is 18.1 Å². The van der Waals surface area contributed by atoms with Gasteiger partial charge in [0.25, 0.3) is 0 Å². The normalized spacial score (nSPS) is 12.5. The number of carbonyl (C=O) groups is 1. The van der Waals surface area contributed by atoms with E-state index < -0.39 is 11.7 Å². The minimum atomic E-state index is -0.562. The van der Waals surface area contributed by atoms with Crippen LogP contribution in [0.4, 0.5) is 9.18 Å². The summed E-state index contributed by atoms with van der Waals surface area (Å²) in [5.74, 6) is -0.0651. The second-order valence-electron chi connectivity index (χ2n) is 6.88. The van der Waals surface area contributed by atoms with Gasteiger partial charge in [0, 0.05) is 28.3 Å². The number of para-hydroxylation sites is 1. The topological polar surface area (TPSA) is 54.1 Å². The highest BCUT2D eigenvalue weighted by Crippen LogP contribution is 2.31. The predicted octanol–water partition coefficient (Wildman–Crippen LogP) is 5.25. The SMILES string of the molecule is Cc1[nH]c2c(SC/C(F)=C/CNC(=O)OC(C)(C)C)cccc2c1C. The number of ether oxygens (including phenoxy) is 1. The third-order valence-corrected chi connectivity index (χ3v) is 4.71. The summed E-state index contributed by atoms with van der Waals surface area (Å²) in [6.45, 7) is 9.56. The van der Waals surface area contributed by atoms with Crippen LogP contribution in [0.1, 0.15) is 32.0 Å². The summed E-state index contributed by atoms with van der Waals surface area (Å²) >= 11 is 1.43. The lowest BCUT2D eigenvalue weighted by Crippen LogP contribution is -2.32. The number of carbonyl (C=O) groups excluding carboxylic acids is 1. The molecule has 0 saturated heterocycles. The van der Waals surface area contributed by atoms with Crippen LogP contribution in [0, 0.1) is 13.8 Å². The zero-order valence-electron chi connectivity index (χ0n) is 15.3. The number of halogens is 1. The van der Waals surface area contributed by atoms with E-state index in [2.05, 4.69) is 23.3 Å². The largest absolute Gasteiger partial charge is 0.444 e. The molecule has 4 nitrogen and oxygen atoms in total. The first-order valence-corrected chi connectivity index (χ1v) is 9.18. The van der Waals surface area contributed by atoms with Crippen molar-refractivity contribution in [1.29, 1.82) is 0 Å². The number of rotatable bonds is 5. The number of aromatic amines is 1. The Bertz CT molecular complexity index is 791. The van der Waals surface area contributed by atoms with E-state index in [1.54, 1.807) is 20.8 Å². The molecule has 0 saturated carbocycles. The van der Waals surface area contributed by atoms with Crippen LogP contribution >= 0.6 is 11.8 Å². The fourth-order valence-electron chi connectivity index (χ4n) is 2.34. The summed E-state index contributed by atoms with van der Waals surface area (Å²) < 4.78 is 19.1. The van der Waals surface area contributed by atoms with Gasteiger partial charge in [0.1, 0.15) is 11.4 Å². The van der Waals surface area contributed by atoms with Gasteiger partial charge in [-0.2, -0.15) is 0 Å². The predicted molar refractivity (Wildman–Crippen MR) is 102 cm³/mol. The van der Waals surface area contributed by atoms with Gasteiger partial charge in [-0.15, -0.1) is 11.8 Å². The molecule has 0 radical (unpaired) electrons. The van der Waals surface area contributed by atoms with Crippen molar-refractivity contribution >= 4 is 28.8 Å². The second-order valence-corrected chi connectivity index (χ2v) is 7.89. The van der Waals surface area contributed by atoms with Gasteiger partial charge in [0.15, 0.2) is 0 Å². The average molecular weight is 364 g/mol. The summed E-state index contributed by atoms with van der Waals surface area (Å²) in [6, 6.07) is 6.03. The maximum Gasteiger partial charge on any atom is 0.407 e. The van der Waals surface area contributed by atoms with Crippen LogP contribution in [-0.4, -0.2) is 29.0 Å². The Morgan fingerprint density at radius 1 is 1.36 bits per heavy atom. The van der Waals surface area contributed by atoms with Crippen molar-refractivity contribution in [2.45, 2.75) is 45.1 Å². The monoisotopic (exact) mass is 364 g/mol. The maximum atomic E-state index is 14.0. The molecule has 2 N–H and O–H groups in total. The Kier molecular flexibility index (Phi) is 6.16. The second kappa shape index (κ2) is 7.95. The number of aryl methyl sites for hydroxylation is 2. The van der Waals surface area contributed by atoms with Gasteiger partial charge in [0.2, 0.25) is 0 Å². The maximum absolute atomic E-state index is 14.0. The number of nitrogens with one attached hydrogen (secondary N) is 2. The zero-order chi connectivity index (χ0) is 18.6. The standard InChI is InChI=1S/C19H25FN2O2S/c1-12-13(2)22-17-15(12)7-6-8-16(17)25-11-14(20)9-10-21-18(23)24-19(3,4)5/h6-9,22H,10-11H2,1-5H3,(H,21,23)/b14-9-. The van der Waals surface area contributed by atoms with Crippen molar-refractivity contribution in [2.24, 2.45) is 0 Å². The fourth-order valence-corrected chi connectivity index (χ4v) is 3.23. The number of H-pyrrole nitrogens is 1. The van der Waals surface area contributed by atoms with E-state index in [1.165, 1.54) is 28.8 Å². The quantitative estimate of drug-likeness (QED) is 0.712. The van der Waals surface area contributed by atoms with E-state index in [1.807, 2.05) is 19.1 Å². The van der Waals surface area contributed by atoms with Crippen molar-refractivity contribution in [3.05, 3.63) is 41.4 Å². The summed E-state index contributed by atoms with van der Waals surface area (Å²) in [5.41, 5.74) is 2.82. The molecule has 0 atom stereocenters. The number of benzene rings is 1. The molecule has 1 aromatic carbocycles. The molecule has 0 aliphatic heterocycles. The first kappa shape index (κ1) is 19.4. The van der Waals surface area contributed by atoms with Crippen LogP contribution in [0.5, 0.6) is 0 Å². The Hall–Kier alpha value is -1.95. The van der Waals surface area contributed by atoms with Gasteiger partial charge in [-0.25, -0.2) is 9.18 Å². The molecule has 1 heterocycles. The third kappa shape index (κ3) is 5.53. The highest BCUT2D eigenvalue weighted by Gasteiger charge is 2.15. The molecule has 2 aromatic rings. The zero-order valence-corrected chi connectivity index (χ0v) is 16.1. The van der Waals surface area contributed by atoms with E-state index >= 15 is 0 Å². The van der Waals surface area contributed by atoms with Crippen molar-refractivity contribution in [3.63, 3.8) is 0 Å². The summed E-state index contributed by atoms with van der Waals surface area (Å²) in [6.07, 6.45) is 0.814. The van der Waals surface area contributed by atoms with Gasteiger partial charge in [-0.3, -0.25) is 0 Å². The van der Waals surface area contributed by atoms with Crippen molar-refractivity contribution in [2.75, 3.05) is 12.3 Å². The number of fused-ring (bicyclic) bond motifs is 1. The lowest BCUT2D eigenvalue weighted by molar-refractivity contribution is 0.0534. The van der Waals surface area contributed by atoms with Crippen molar-refractivity contribution < 1.29 is 13.9 Å². The molecule has 0 bridgehead atoms. The van der Waals surface area contributed by atoms with E-state index in [0.29, 0.717) is 0 Å². The van der Waals surface area contributed by atoms with E-state index in [0.717, 1.165) is 16.1 Å². The molecule has 0 aliphatic rings. The molecule has 1 amide bonds. The smallest absolute Gasteiger partial charge is 0.407 e. The molecular weight excluding hydrogens is 339 g/mol. The van der Waals surface area contributed by atoms with E-state index in [4.69, 9.17) is 4.74 Å². The number of thioether (sulfide) groups is 1. The highest BCUT2D eigenvalue weighted by atomic mass is 32.2. The summed E-state index contributed by atoms with van der Waals surface area (Å²) in [5, 5.41) is 3.68. The Balaban J connectivity index is 1.91. The minimum Gasteiger partial charge on any atom is -0.444 e. The molecule has 136 valence electrons. The molecule has 25 heavy (non-hydrogen) atoms. The highest BCUT2D eigenvalue weighted by molar-refractivity contribution is 7.99. The average Bonchev–Trinajstić information content (AvgIpc) is 2.79. The molecule has 1 aromatic heterocycles. The van der Waals surface area contributed by atoms with Crippen LogP contribution < -0.4 is 5.32 Å². The molecule has 0 unspecified atom stereocenters. The first-order chi connectivity index (χ1) is 11.7. The Morgan fingerprint density at radius 2 is 2.08 bits per heavy atom. The molecule has 0 fully saturated rings. The van der Waals surface area contributed by atoms with Crippen LogP contribution in [-0.2, 0) is 4.74 Å². The summed E-state index contributed by atoms with van der Waals surface area (Å²) in [7, 11) is 0. The van der Waals surface area contributed by atoms with E-state index in [9.17, 15) is 9.18 Å². The molecule has 0 aliphatic carbocycles. The fraction of sp³-hybridized carbons (Fsp3) is 0.421. The van der Waals surface area contributed by atoms with Crippen LogP contribution in [0.15, 0.2) is 35.0 Å².